The predicted molar refractivity (Wildman–Crippen MR) is 91.8 cm³/mol. The van der Waals surface area contributed by atoms with Crippen molar-refractivity contribution in [2.75, 3.05) is 18.0 Å². The highest BCUT2D eigenvalue weighted by Gasteiger charge is 2.56. The minimum absolute atomic E-state index is 0.0257. The minimum atomic E-state index is -1.08. The maximum atomic E-state index is 14.7. The van der Waals surface area contributed by atoms with Gasteiger partial charge in [0, 0.05) is 25.4 Å². The average Bonchev–Trinajstić information content (AvgIpc) is 3.02. The number of nitrogens with one attached hydrogen (secondary N) is 1. The molecule has 1 N–H and O–H groups in total. The van der Waals surface area contributed by atoms with Gasteiger partial charge in [-0.25, -0.2) is 4.39 Å². The molecule has 28 heavy (non-hydrogen) atoms. The van der Waals surface area contributed by atoms with Gasteiger partial charge in [0.05, 0.1) is 16.8 Å². The Morgan fingerprint density at radius 3 is 2.29 bits per heavy atom. The molecule has 0 aromatic heterocycles. The number of rotatable bonds is 3. The summed E-state index contributed by atoms with van der Waals surface area (Å²) in [4.78, 5) is 62.5. The summed E-state index contributed by atoms with van der Waals surface area (Å²) in [6.45, 7) is 1.06. The van der Waals surface area contributed by atoms with Crippen LogP contribution in [-0.4, -0.2) is 53.9 Å². The van der Waals surface area contributed by atoms with Crippen LogP contribution in [0.4, 0.5) is 10.1 Å². The summed E-state index contributed by atoms with van der Waals surface area (Å²) < 4.78 is 14.7. The fourth-order valence-electron chi connectivity index (χ4n) is 4.69. The van der Waals surface area contributed by atoms with Gasteiger partial charge in [-0.1, -0.05) is 0 Å². The number of anilines is 1. The number of carbonyl (C=O) groups is 5. The molecule has 144 valence electrons. The third-order valence-electron chi connectivity index (χ3n) is 6.27. The number of hydrogen-bond donors (Lipinski definition) is 1. The summed E-state index contributed by atoms with van der Waals surface area (Å²) in [5.41, 5.74) is 0.201. The van der Waals surface area contributed by atoms with Gasteiger partial charge in [-0.2, -0.15) is 0 Å². The predicted octanol–water partition coefficient (Wildman–Crippen LogP) is 0.108. The number of halogens is 1. The number of aldehydes is 1. The van der Waals surface area contributed by atoms with Crippen LogP contribution in [0.5, 0.6) is 0 Å². The van der Waals surface area contributed by atoms with E-state index in [1.54, 1.807) is 4.90 Å². The first-order valence-corrected chi connectivity index (χ1v) is 9.16. The van der Waals surface area contributed by atoms with Gasteiger partial charge in [0.1, 0.15) is 18.1 Å². The average molecular weight is 385 g/mol. The number of fused-ring (bicyclic) bond motifs is 2. The Labute approximate surface area is 158 Å². The monoisotopic (exact) mass is 385 g/mol. The lowest BCUT2D eigenvalue weighted by atomic mass is 10.0. The summed E-state index contributed by atoms with van der Waals surface area (Å²) in [5.74, 6) is -2.71. The van der Waals surface area contributed by atoms with E-state index in [1.807, 2.05) is 0 Å². The molecular weight excluding hydrogens is 369 g/mol. The highest BCUT2D eigenvalue weighted by molar-refractivity contribution is 6.23. The molecule has 4 aliphatic rings. The first-order chi connectivity index (χ1) is 13.4. The molecule has 1 aromatic carbocycles. The van der Waals surface area contributed by atoms with E-state index in [1.165, 1.54) is 6.07 Å². The Morgan fingerprint density at radius 2 is 1.68 bits per heavy atom. The van der Waals surface area contributed by atoms with Crippen molar-refractivity contribution in [3.8, 4) is 0 Å². The maximum Gasteiger partial charge on any atom is 0.262 e. The van der Waals surface area contributed by atoms with E-state index in [0.717, 1.165) is 17.3 Å². The molecule has 0 bridgehead atoms. The Hall–Kier alpha value is -3.10. The van der Waals surface area contributed by atoms with E-state index in [0.29, 0.717) is 13.1 Å². The van der Waals surface area contributed by atoms with E-state index in [2.05, 4.69) is 5.32 Å². The zero-order valence-corrected chi connectivity index (χ0v) is 14.7. The van der Waals surface area contributed by atoms with Gasteiger partial charge < -0.3 is 9.69 Å². The van der Waals surface area contributed by atoms with Gasteiger partial charge in [0.25, 0.3) is 11.8 Å². The summed E-state index contributed by atoms with van der Waals surface area (Å²) in [5, 5.41) is 2.13. The lowest BCUT2D eigenvalue weighted by Crippen LogP contribution is -2.54. The van der Waals surface area contributed by atoms with Crippen molar-refractivity contribution in [1.82, 2.24) is 10.2 Å². The van der Waals surface area contributed by atoms with Crippen LogP contribution in [0.2, 0.25) is 0 Å². The zero-order chi connectivity index (χ0) is 19.7. The SMILES string of the molecule is O=C[C@@H]1[C@H]2CN(c3cc4c(cc3F)C(=O)N(C3CCC(=O)NC3=O)C4=O)C[C@@H]12. The van der Waals surface area contributed by atoms with Crippen molar-refractivity contribution in [2.24, 2.45) is 17.8 Å². The van der Waals surface area contributed by atoms with Gasteiger partial charge in [-0.15, -0.1) is 0 Å². The van der Waals surface area contributed by atoms with Crippen LogP contribution in [0.15, 0.2) is 12.1 Å². The second kappa shape index (κ2) is 5.70. The topological polar surface area (TPSA) is 104 Å². The minimum Gasteiger partial charge on any atom is -0.369 e. The quantitative estimate of drug-likeness (QED) is 0.585. The molecule has 1 unspecified atom stereocenters. The number of benzene rings is 1. The van der Waals surface area contributed by atoms with Gasteiger partial charge in [-0.3, -0.25) is 29.4 Å². The molecule has 2 saturated heterocycles. The molecule has 4 amide bonds. The number of carbonyl (C=O) groups excluding carboxylic acids is 5. The van der Waals surface area contributed by atoms with E-state index in [9.17, 15) is 28.4 Å². The standard InChI is InChI=1S/C19H16FN3O5/c20-13-3-8-9(4-15(13)22-5-10-11(6-22)12(10)7-24)19(28)23(18(8)27)14-1-2-16(25)21-17(14)26/h3-4,7,10-12,14H,1-2,5-6H2,(H,21,25,26)/t10-,11+,12+,14?. The van der Waals surface area contributed by atoms with Crippen LogP contribution < -0.4 is 10.2 Å². The molecular formula is C19H16FN3O5. The third-order valence-corrected chi connectivity index (χ3v) is 6.27. The van der Waals surface area contributed by atoms with Crippen molar-refractivity contribution < 1.29 is 28.4 Å². The zero-order valence-electron chi connectivity index (χ0n) is 14.7. The van der Waals surface area contributed by atoms with Crippen LogP contribution in [0, 0.1) is 23.6 Å². The summed E-state index contributed by atoms with van der Waals surface area (Å²) >= 11 is 0. The van der Waals surface area contributed by atoms with Crippen LogP contribution >= 0.6 is 0 Å². The molecule has 4 atom stereocenters. The number of nitrogens with zero attached hydrogens (tertiary/aromatic N) is 2. The molecule has 0 spiro atoms. The third kappa shape index (κ3) is 2.25. The van der Waals surface area contributed by atoms with Crippen LogP contribution in [0.25, 0.3) is 0 Å². The summed E-state index contributed by atoms with van der Waals surface area (Å²) in [6, 6.07) is 1.32. The van der Waals surface area contributed by atoms with Gasteiger partial charge in [0.2, 0.25) is 11.8 Å². The van der Waals surface area contributed by atoms with Crippen LogP contribution in [0.3, 0.4) is 0 Å². The lowest BCUT2D eigenvalue weighted by Gasteiger charge is -2.27. The Balaban J connectivity index is 1.44. The second-order valence-electron chi connectivity index (χ2n) is 7.74. The molecule has 0 radical (unpaired) electrons. The second-order valence-corrected chi connectivity index (χ2v) is 7.74. The highest BCUT2D eigenvalue weighted by atomic mass is 19.1. The van der Waals surface area contributed by atoms with Crippen molar-refractivity contribution >= 4 is 35.6 Å². The summed E-state index contributed by atoms with van der Waals surface area (Å²) in [6.07, 6.45) is 1.01. The molecule has 1 saturated carbocycles. The molecule has 1 aromatic rings. The fourth-order valence-corrected chi connectivity index (χ4v) is 4.69. The molecule has 3 aliphatic heterocycles. The van der Waals surface area contributed by atoms with Crippen molar-refractivity contribution in [2.45, 2.75) is 18.9 Å². The number of amides is 4. The Kier molecular flexibility index (Phi) is 3.47. The van der Waals surface area contributed by atoms with E-state index < -0.39 is 35.5 Å². The molecule has 9 heteroatoms. The number of piperidine rings is 2. The van der Waals surface area contributed by atoms with E-state index in [4.69, 9.17) is 0 Å². The Morgan fingerprint density at radius 1 is 1.04 bits per heavy atom. The van der Waals surface area contributed by atoms with E-state index in [-0.39, 0.29) is 47.4 Å². The van der Waals surface area contributed by atoms with Crippen LogP contribution in [0.1, 0.15) is 33.6 Å². The van der Waals surface area contributed by atoms with Crippen molar-refractivity contribution in [3.63, 3.8) is 0 Å². The molecule has 5 rings (SSSR count). The molecule has 3 fully saturated rings. The molecule has 8 nitrogen and oxygen atoms in total. The van der Waals surface area contributed by atoms with E-state index >= 15 is 0 Å². The van der Waals surface area contributed by atoms with Crippen molar-refractivity contribution in [1.29, 1.82) is 0 Å². The lowest BCUT2D eigenvalue weighted by molar-refractivity contribution is -0.136. The van der Waals surface area contributed by atoms with Gasteiger partial charge in [-0.05, 0) is 30.4 Å². The Bertz CT molecular complexity index is 965. The maximum absolute atomic E-state index is 14.7. The summed E-state index contributed by atoms with van der Waals surface area (Å²) in [7, 11) is 0. The number of imide groups is 2. The molecule has 3 heterocycles. The smallest absolute Gasteiger partial charge is 0.262 e. The fraction of sp³-hybridized carbons (Fsp3) is 0.421. The normalized spacial score (nSPS) is 31.0. The van der Waals surface area contributed by atoms with Crippen LogP contribution in [-0.2, 0) is 14.4 Å². The number of hydrogen-bond acceptors (Lipinski definition) is 6. The largest absolute Gasteiger partial charge is 0.369 e. The molecule has 1 aliphatic carbocycles. The first kappa shape index (κ1) is 17.0. The first-order valence-electron chi connectivity index (χ1n) is 9.16. The van der Waals surface area contributed by atoms with Gasteiger partial charge >= 0.3 is 0 Å². The van der Waals surface area contributed by atoms with Gasteiger partial charge in [0.15, 0.2) is 0 Å². The highest BCUT2D eigenvalue weighted by Crippen LogP contribution is 2.51. The van der Waals surface area contributed by atoms with Crippen molar-refractivity contribution in [3.05, 3.63) is 29.1 Å².